The zero-order valence-electron chi connectivity index (χ0n) is 12.0. The Morgan fingerprint density at radius 2 is 2.00 bits per heavy atom. The lowest BCUT2D eigenvalue weighted by Gasteiger charge is -2.10. The first-order valence-electron chi connectivity index (χ1n) is 6.57. The van der Waals surface area contributed by atoms with Crippen LogP contribution in [-0.4, -0.2) is 31.7 Å². The summed E-state index contributed by atoms with van der Waals surface area (Å²) < 4.78 is 1.78. The van der Waals surface area contributed by atoms with Crippen molar-refractivity contribution in [1.29, 1.82) is 0 Å². The number of carbonyl (C=O) groups is 1. The Morgan fingerprint density at radius 3 is 2.65 bits per heavy atom. The number of benzene rings is 1. The van der Waals surface area contributed by atoms with Crippen LogP contribution in [0.1, 0.15) is 30.9 Å². The van der Waals surface area contributed by atoms with Crippen LogP contribution in [0.3, 0.4) is 0 Å². The summed E-state index contributed by atoms with van der Waals surface area (Å²) in [4.78, 5) is 10.9. The summed E-state index contributed by atoms with van der Waals surface area (Å²) in [6.45, 7) is 5.72. The summed E-state index contributed by atoms with van der Waals surface area (Å²) in [7, 11) is 0. The average molecular weight is 290 g/mol. The molecule has 0 amide bonds. The Kier molecular flexibility index (Phi) is 4.89. The fraction of sp³-hybridized carbons (Fsp3) is 0.429. The highest BCUT2D eigenvalue weighted by atomic mass is 32.2. The van der Waals surface area contributed by atoms with Crippen molar-refractivity contribution in [3.63, 3.8) is 0 Å². The molecule has 2 aromatic rings. The van der Waals surface area contributed by atoms with Crippen molar-refractivity contribution < 1.29 is 4.79 Å². The molecule has 2 rings (SSSR count). The molecule has 6 heteroatoms. The number of thioether (sulfide) groups is 1. The largest absolute Gasteiger partial charge is 0.300 e. The molecule has 0 spiro atoms. The van der Waals surface area contributed by atoms with E-state index in [4.69, 9.17) is 0 Å². The predicted octanol–water partition coefficient (Wildman–Crippen LogP) is 2.74. The number of ketones is 1. The first-order chi connectivity index (χ1) is 9.59. The number of hydrogen-bond acceptors (Lipinski definition) is 5. The lowest BCUT2D eigenvalue weighted by molar-refractivity contribution is -0.117. The lowest BCUT2D eigenvalue weighted by atomic mass is 10.1. The second-order valence-electron chi connectivity index (χ2n) is 4.77. The van der Waals surface area contributed by atoms with Gasteiger partial charge in [0.05, 0.1) is 5.69 Å². The number of hydrogen-bond donors (Lipinski definition) is 0. The SMILES string of the molecule is CC(=O)CCCSc1nnnn1-c1c(C)cccc1C. The van der Waals surface area contributed by atoms with Crippen LogP contribution in [0, 0.1) is 13.8 Å². The van der Waals surface area contributed by atoms with Crippen LogP contribution in [0.25, 0.3) is 5.69 Å². The standard InChI is InChI=1S/C14H18N4OS/c1-10-6-4-7-11(2)13(10)18-14(15-16-17-18)20-9-5-8-12(3)19/h4,6-7H,5,8-9H2,1-3H3. The Hall–Kier alpha value is -1.69. The summed E-state index contributed by atoms with van der Waals surface area (Å²) in [6.07, 6.45) is 1.46. The number of tetrazole rings is 1. The quantitative estimate of drug-likeness (QED) is 0.604. The monoisotopic (exact) mass is 290 g/mol. The molecule has 5 nitrogen and oxygen atoms in total. The molecular weight excluding hydrogens is 272 g/mol. The molecule has 0 saturated heterocycles. The van der Waals surface area contributed by atoms with Crippen molar-refractivity contribution in [3.8, 4) is 5.69 Å². The van der Waals surface area contributed by atoms with Gasteiger partial charge in [0.1, 0.15) is 5.78 Å². The van der Waals surface area contributed by atoms with Gasteiger partial charge in [-0.15, -0.1) is 5.10 Å². The zero-order chi connectivity index (χ0) is 14.5. The van der Waals surface area contributed by atoms with Crippen molar-refractivity contribution in [1.82, 2.24) is 20.2 Å². The Bertz CT molecular complexity index is 589. The number of aromatic nitrogens is 4. The highest BCUT2D eigenvalue weighted by Gasteiger charge is 2.12. The number of aryl methyl sites for hydroxylation is 2. The highest BCUT2D eigenvalue weighted by molar-refractivity contribution is 7.99. The molecule has 1 aromatic carbocycles. The van der Waals surface area contributed by atoms with Gasteiger partial charge < -0.3 is 4.79 Å². The number of carbonyl (C=O) groups excluding carboxylic acids is 1. The summed E-state index contributed by atoms with van der Waals surface area (Å²) in [5, 5.41) is 12.7. The van der Waals surface area contributed by atoms with Gasteiger partial charge in [-0.25, -0.2) is 0 Å². The van der Waals surface area contributed by atoms with Gasteiger partial charge in [0, 0.05) is 12.2 Å². The van der Waals surface area contributed by atoms with E-state index in [2.05, 4.69) is 15.5 Å². The maximum atomic E-state index is 10.9. The minimum atomic E-state index is 0.222. The van der Waals surface area contributed by atoms with E-state index in [-0.39, 0.29) is 5.78 Å². The molecule has 0 N–H and O–H groups in total. The Balaban J connectivity index is 2.14. The first kappa shape index (κ1) is 14.7. The van der Waals surface area contributed by atoms with E-state index in [0.717, 1.165) is 34.1 Å². The smallest absolute Gasteiger partial charge is 0.214 e. The average Bonchev–Trinajstić information content (AvgIpc) is 2.82. The first-order valence-corrected chi connectivity index (χ1v) is 7.55. The van der Waals surface area contributed by atoms with Gasteiger partial charge >= 0.3 is 0 Å². The molecule has 0 saturated carbocycles. The van der Waals surface area contributed by atoms with Gasteiger partial charge in [0.15, 0.2) is 0 Å². The molecule has 0 bridgehead atoms. The minimum absolute atomic E-state index is 0.222. The Morgan fingerprint density at radius 1 is 1.30 bits per heavy atom. The van der Waals surface area contributed by atoms with Crippen molar-refractivity contribution in [2.45, 2.75) is 38.8 Å². The molecule has 0 aliphatic carbocycles. The third-order valence-corrected chi connectivity index (χ3v) is 4.00. The maximum absolute atomic E-state index is 10.9. The molecule has 0 radical (unpaired) electrons. The van der Waals surface area contributed by atoms with E-state index < -0.39 is 0 Å². The van der Waals surface area contributed by atoms with Gasteiger partial charge in [-0.1, -0.05) is 30.0 Å². The van der Waals surface area contributed by atoms with E-state index in [1.54, 1.807) is 23.4 Å². The van der Waals surface area contributed by atoms with E-state index >= 15 is 0 Å². The third kappa shape index (κ3) is 3.45. The highest BCUT2D eigenvalue weighted by Crippen LogP contribution is 2.23. The number of para-hydroxylation sites is 1. The summed E-state index contributed by atoms with van der Waals surface area (Å²) in [5.41, 5.74) is 3.32. The third-order valence-electron chi connectivity index (χ3n) is 3.00. The van der Waals surface area contributed by atoms with Crippen molar-refractivity contribution >= 4 is 17.5 Å². The van der Waals surface area contributed by atoms with Gasteiger partial charge in [-0.3, -0.25) is 0 Å². The molecule has 0 atom stereocenters. The molecular formula is C14H18N4OS. The van der Waals surface area contributed by atoms with Gasteiger partial charge in [-0.05, 0) is 48.7 Å². The maximum Gasteiger partial charge on any atom is 0.214 e. The predicted molar refractivity (Wildman–Crippen MR) is 79.3 cm³/mol. The second-order valence-corrected chi connectivity index (χ2v) is 5.83. The summed E-state index contributed by atoms with van der Waals surface area (Å²) in [6, 6.07) is 6.13. The molecule has 0 fully saturated rings. The van der Waals surface area contributed by atoms with Gasteiger partial charge in [0.25, 0.3) is 0 Å². The minimum Gasteiger partial charge on any atom is -0.300 e. The van der Waals surface area contributed by atoms with Crippen LogP contribution < -0.4 is 0 Å². The van der Waals surface area contributed by atoms with E-state index in [1.807, 2.05) is 32.0 Å². The topological polar surface area (TPSA) is 60.7 Å². The van der Waals surface area contributed by atoms with Crippen LogP contribution in [0.4, 0.5) is 0 Å². The van der Waals surface area contributed by atoms with E-state index in [9.17, 15) is 4.79 Å². The molecule has 0 unspecified atom stereocenters. The van der Waals surface area contributed by atoms with Crippen LogP contribution in [0.5, 0.6) is 0 Å². The van der Waals surface area contributed by atoms with Crippen molar-refractivity contribution in [2.24, 2.45) is 0 Å². The van der Waals surface area contributed by atoms with Gasteiger partial charge in [-0.2, -0.15) is 4.68 Å². The lowest BCUT2D eigenvalue weighted by Crippen LogP contribution is -2.04. The fourth-order valence-corrected chi connectivity index (χ4v) is 2.85. The van der Waals surface area contributed by atoms with Crippen LogP contribution in [-0.2, 0) is 4.79 Å². The van der Waals surface area contributed by atoms with Crippen LogP contribution in [0.15, 0.2) is 23.4 Å². The Labute approximate surface area is 122 Å². The molecule has 0 aliphatic rings. The molecule has 0 aliphatic heterocycles. The van der Waals surface area contributed by atoms with Crippen LogP contribution in [0.2, 0.25) is 0 Å². The molecule has 1 heterocycles. The van der Waals surface area contributed by atoms with E-state index in [0.29, 0.717) is 6.42 Å². The second kappa shape index (κ2) is 6.65. The molecule has 20 heavy (non-hydrogen) atoms. The molecule has 1 aromatic heterocycles. The number of nitrogens with zero attached hydrogens (tertiary/aromatic N) is 4. The summed E-state index contributed by atoms with van der Waals surface area (Å²) in [5.74, 6) is 1.06. The van der Waals surface area contributed by atoms with E-state index in [1.165, 1.54) is 0 Å². The van der Waals surface area contributed by atoms with Gasteiger partial charge in [0.2, 0.25) is 5.16 Å². The summed E-state index contributed by atoms with van der Waals surface area (Å²) >= 11 is 1.58. The zero-order valence-corrected chi connectivity index (χ0v) is 12.8. The van der Waals surface area contributed by atoms with Crippen LogP contribution >= 0.6 is 11.8 Å². The number of Topliss-reactive ketones (excluding diaryl/α,β-unsaturated/α-hetero) is 1. The molecule has 106 valence electrons. The van der Waals surface area contributed by atoms with Crippen molar-refractivity contribution in [3.05, 3.63) is 29.3 Å². The number of rotatable bonds is 6. The fourth-order valence-electron chi connectivity index (χ4n) is 2.03. The normalized spacial score (nSPS) is 10.8. The van der Waals surface area contributed by atoms with Crippen molar-refractivity contribution in [2.75, 3.05) is 5.75 Å².